The lowest BCUT2D eigenvalue weighted by molar-refractivity contribution is 0.315. The quantitative estimate of drug-likeness (QED) is 0.804. The summed E-state index contributed by atoms with van der Waals surface area (Å²) >= 11 is 0. The van der Waals surface area contributed by atoms with E-state index in [2.05, 4.69) is 22.1 Å². The molecule has 1 aromatic carbocycles. The summed E-state index contributed by atoms with van der Waals surface area (Å²) in [4.78, 5) is 2.39. The summed E-state index contributed by atoms with van der Waals surface area (Å²) in [6.07, 6.45) is 3.63. The molecular formula is C12H16N4O. The van der Waals surface area contributed by atoms with Crippen LogP contribution in [0.4, 0.5) is 11.4 Å². The normalized spacial score (nSPS) is 20.3. The molecule has 5 nitrogen and oxygen atoms in total. The van der Waals surface area contributed by atoms with Crippen LogP contribution in [-0.2, 0) is 0 Å². The lowest BCUT2D eigenvalue weighted by Gasteiger charge is -2.25. The Bertz CT molecular complexity index is 536. The maximum Gasteiger partial charge on any atom is 0.160 e. The number of hydrogen-bond acceptors (Lipinski definition) is 5. The first-order chi connectivity index (χ1) is 8.31. The van der Waals surface area contributed by atoms with E-state index in [1.807, 2.05) is 12.1 Å². The molecule has 1 saturated heterocycles. The number of anilines is 2. The van der Waals surface area contributed by atoms with Crippen molar-refractivity contribution in [1.29, 1.82) is 0 Å². The van der Waals surface area contributed by atoms with Crippen molar-refractivity contribution in [1.82, 2.24) is 10.3 Å². The number of nitrogens with two attached hydrogens (primary N) is 1. The minimum absolute atomic E-state index is 0.596. The molecule has 1 aliphatic heterocycles. The van der Waals surface area contributed by atoms with Crippen LogP contribution in [0, 0.1) is 0 Å². The molecule has 1 fully saturated rings. The van der Waals surface area contributed by atoms with Gasteiger partial charge in [0.05, 0.1) is 11.4 Å². The molecule has 0 saturated carbocycles. The van der Waals surface area contributed by atoms with Crippen molar-refractivity contribution < 1.29 is 4.63 Å². The predicted octanol–water partition coefficient (Wildman–Crippen LogP) is 2.18. The third kappa shape index (κ3) is 1.53. The van der Waals surface area contributed by atoms with Crippen molar-refractivity contribution in [2.75, 3.05) is 17.2 Å². The molecule has 3 rings (SSSR count). The van der Waals surface area contributed by atoms with Gasteiger partial charge in [-0.3, -0.25) is 0 Å². The van der Waals surface area contributed by atoms with Crippen molar-refractivity contribution in [3.8, 4) is 0 Å². The first kappa shape index (κ1) is 10.4. The number of fused-ring (bicyclic) bond motifs is 1. The van der Waals surface area contributed by atoms with Gasteiger partial charge in [0.25, 0.3) is 0 Å². The second kappa shape index (κ2) is 3.91. The van der Waals surface area contributed by atoms with Crippen molar-refractivity contribution in [3.63, 3.8) is 0 Å². The third-order valence-electron chi connectivity index (χ3n) is 3.58. The minimum Gasteiger partial charge on any atom is -0.397 e. The number of rotatable bonds is 2. The van der Waals surface area contributed by atoms with Crippen LogP contribution in [0.5, 0.6) is 0 Å². The van der Waals surface area contributed by atoms with Gasteiger partial charge in [-0.1, -0.05) is 6.92 Å². The van der Waals surface area contributed by atoms with Gasteiger partial charge in [-0.25, -0.2) is 4.63 Å². The first-order valence-corrected chi connectivity index (χ1v) is 6.08. The van der Waals surface area contributed by atoms with Gasteiger partial charge in [0.2, 0.25) is 0 Å². The largest absolute Gasteiger partial charge is 0.397 e. The number of nitrogen functional groups attached to an aromatic ring is 1. The molecule has 1 aliphatic rings. The zero-order chi connectivity index (χ0) is 11.8. The second-order valence-electron chi connectivity index (χ2n) is 4.53. The number of aromatic nitrogens is 2. The lowest BCUT2D eigenvalue weighted by Crippen LogP contribution is -2.28. The van der Waals surface area contributed by atoms with Crippen LogP contribution in [0.3, 0.4) is 0 Å². The maximum absolute atomic E-state index is 5.85. The van der Waals surface area contributed by atoms with Crippen molar-refractivity contribution in [2.24, 2.45) is 0 Å². The molecule has 1 unspecified atom stereocenters. The summed E-state index contributed by atoms with van der Waals surface area (Å²) < 4.78 is 4.81. The fourth-order valence-electron chi connectivity index (χ4n) is 2.68. The molecule has 2 N–H and O–H groups in total. The monoisotopic (exact) mass is 232 g/mol. The highest BCUT2D eigenvalue weighted by Gasteiger charge is 2.26. The summed E-state index contributed by atoms with van der Waals surface area (Å²) in [6, 6.07) is 4.50. The van der Waals surface area contributed by atoms with Gasteiger partial charge in [0, 0.05) is 12.6 Å². The SMILES string of the molecule is CCC1CCCN1c1ccc(N)c2nonc12. The molecular weight excluding hydrogens is 216 g/mol. The molecule has 0 radical (unpaired) electrons. The van der Waals surface area contributed by atoms with Gasteiger partial charge < -0.3 is 10.6 Å². The van der Waals surface area contributed by atoms with Gasteiger partial charge in [0.1, 0.15) is 0 Å². The van der Waals surface area contributed by atoms with E-state index in [-0.39, 0.29) is 0 Å². The van der Waals surface area contributed by atoms with Crippen molar-refractivity contribution in [3.05, 3.63) is 12.1 Å². The van der Waals surface area contributed by atoms with Gasteiger partial charge in [-0.15, -0.1) is 0 Å². The summed E-state index contributed by atoms with van der Waals surface area (Å²) in [5, 5.41) is 7.85. The van der Waals surface area contributed by atoms with Crippen LogP contribution in [0.25, 0.3) is 11.0 Å². The van der Waals surface area contributed by atoms with E-state index >= 15 is 0 Å². The smallest absolute Gasteiger partial charge is 0.160 e. The van der Waals surface area contributed by atoms with E-state index in [1.165, 1.54) is 12.8 Å². The topological polar surface area (TPSA) is 68.2 Å². The van der Waals surface area contributed by atoms with Crippen LogP contribution in [0.15, 0.2) is 16.8 Å². The molecule has 90 valence electrons. The Morgan fingerprint density at radius 2 is 2.24 bits per heavy atom. The molecule has 0 aliphatic carbocycles. The summed E-state index contributed by atoms with van der Waals surface area (Å²) in [7, 11) is 0. The predicted molar refractivity (Wildman–Crippen MR) is 66.9 cm³/mol. The Balaban J connectivity index is 2.11. The Morgan fingerprint density at radius 1 is 1.41 bits per heavy atom. The highest BCUT2D eigenvalue weighted by Crippen LogP contribution is 2.33. The van der Waals surface area contributed by atoms with Crippen LogP contribution in [0.2, 0.25) is 0 Å². The van der Waals surface area contributed by atoms with E-state index in [9.17, 15) is 0 Å². The minimum atomic E-state index is 0.596. The Morgan fingerprint density at radius 3 is 3.06 bits per heavy atom. The Labute approximate surface area is 99.5 Å². The van der Waals surface area contributed by atoms with Crippen molar-refractivity contribution >= 4 is 22.4 Å². The van der Waals surface area contributed by atoms with E-state index < -0.39 is 0 Å². The Kier molecular flexibility index (Phi) is 2.39. The maximum atomic E-state index is 5.85. The third-order valence-corrected chi connectivity index (χ3v) is 3.58. The molecule has 2 aromatic rings. The highest BCUT2D eigenvalue weighted by molar-refractivity contribution is 5.95. The van der Waals surface area contributed by atoms with Crippen LogP contribution < -0.4 is 10.6 Å². The summed E-state index contributed by atoms with van der Waals surface area (Å²) in [5.74, 6) is 0. The van der Waals surface area contributed by atoms with E-state index in [1.54, 1.807) is 0 Å². The van der Waals surface area contributed by atoms with Crippen LogP contribution in [-0.4, -0.2) is 22.9 Å². The average molecular weight is 232 g/mol. The molecule has 0 spiro atoms. The van der Waals surface area contributed by atoms with Gasteiger partial charge >= 0.3 is 0 Å². The molecule has 2 heterocycles. The molecule has 17 heavy (non-hydrogen) atoms. The molecule has 1 aromatic heterocycles. The fraction of sp³-hybridized carbons (Fsp3) is 0.500. The number of hydrogen-bond donors (Lipinski definition) is 1. The van der Waals surface area contributed by atoms with Crippen molar-refractivity contribution in [2.45, 2.75) is 32.2 Å². The van der Waals surface area contributed by atoms with Crippen LogP contribution >= 0.6 is 0 Å². The summed E-state index contributed by atoms with van der Waals surface area (Å²) in [6.45, 7) is 3.29. The molecule has 1 atom stereocenters. The standard InChI is InChI=1S/C12H16N4O/c1-2-8-4-3-7-16(8)10-6-5-9(13)11-12(10)15-17-14-11/h5-6,8H,2-4,7,13H2,1H3. The van der Waals surface area contributed by atoms with E-state index in [0.717, 1.165) is 24.2 Å². The lowest BCUT2D eigenvalue weighted by atomic mass is 10.1. The zero-order valence-corrected chi connectivity index (χ0v) is 9.89. The number of benzene rings is 1. The van der Waals surface area contributed by atoms with Gasteiger partial charge in [0.15, 0.2) is 11.0 Å². The average Bonchev–Trinajstić information content (AvgIpc) is 2.97. The fourth-order valence-corrected chi connectivity index (χ4v) is 2.68. The number of nitrogens with zero attached hydrogens (tertiary/aromatic N) is 3. The first-order valence-electron chi connectivity index (χ1n) is 6.08. The van der Waals surface area contributed by atoms with E-state index in [4.69, 9.17) is 10.4 Å². The molecule has 5 heteroatoms. The zero-order valence-electron chi connectivity index (χ0n) is 9.89. The Hall–Kier alpha value is -1.78. The van der Waals surface area contributed by atoms with Crippen LogP contribution in [0.1, 0.15) is 26.2 Å². The summed E-state index contributed by atoms with van der Waals surface area (Å²) in [5.41, 5.74) is 9.03. The second-order valence-corrected chi connectivity index (χ2v) is 4.53. The molecule has 0 bridgehead atoms. The van der Waals surface area contributed by atoms with Gasteiger partial charge in [-0.2, -0.15) is 0 Å². The highest BCUT2D eigenvalue weighted by atomic mass is 16.6. The van der Waals surface area contributed by atoms with E-state index in [0.29, 0.717) is 17.2 Å². The molecule has 0 amide bonds. The van der Waals surface area contributed by atoms with Gasteiger partial charge in [-0.05, 0) is 41.7 Å².